The molecule has 0 saturated carbocycles. The topological polar surface area (TPSA) is 12.0 Å². The first-order valence-electron chi connectivity index (χ1n) is 5.74. The van der Waals surface area contributed by atoms with Crippen molar-refractivity contribution in [1.82, 2.24) is 5.32 Å². The zero-order valence-corrected chi connectivity index (χ0v) is 10.3. The Kier molecular flexibility index (Phi) is 5.74. The summed E-state index contributed by atoms with van der Waals surface area (Å²) in [5.41, 5.74) is 1.28. The van der Waals surface area contributed by atoms with Gasteiger partial charge in [-0.25, -0.2) is 0 Å². The maximum absolute atomic E-state index is 6.21. The molecule has 1 aromatic carbocycles. The molecule has 0 heterocycles. The van der Waals surface area contributed by atoms with Gasteiger partial charge in [0.2, 0.25) is 0 Å². The summed E-state index contributed by atoms with van der Waals surface area (Å²) in [6.07, 6.45) is 2.39. The summed E-state index contributed by atoms with van der Waals surface area (Å²) in [6, 6.07) is 8.17. The van der Waals surface area contributed by atoms with Crippen molar-refractivity contribution in [2.24, 2.45) is 0 Å². The Bertz CT molecular complexity index is 286. The summed E-state index contributed by atoms with van der Waals surface area (Å²) in [5.74, 6) is 0.545. The molecule has 0 aliphatic carbocycles. The van der Waals surface area contributed by atoms with E-state index in [1.165, 1.54) is 18.4 Å². The molecular weight excluding hydrogens is 206 g/mol. The fourth-order valence-electron chi connectivity index (χ4n) is 1.84. The van der Waals surface area contributed by atoms with Crippen LogP contribution in [0.2, 0.25) is 5.02 Å². The van der Waals surface area contributed by atoms with Crippen molar-refractivity contribution in [3.63, 3.8) is 0 Å². The largest absolute Gasteiger partial charge is 0.316 e. The summed E-state index contributed by atoms with van der Waals surface area (Å²) in [4.78, 5) is 0. The van der Waals surface area contributed by atoms with Crippen molar-refractivity contribution in [1.29, 1.82) is 0 Å². The van der Waals surface area contributed by atoms with E-state index in [4.69, 9.17) is 11.6 Å². The van der Waals surface area contributed by atoms with E-state index in [9.17, 15) is 0 Å². The zero-order valence-electron chi connectivity index (χ0n) is 9.59. The molecule has 1 N–H and O–H groups in total. The summed E-state index contributed by atoms with van der Waals surface area (Å²) < 4.78 is 0. The third-order valence-corrected chi connectivity index (χ3v) is 2.97. The molecule has 2 heteroatoms. The molecule has 1 rings (SSSR count). The van der Waals surface area contributed by atoms with Crippen LogP contribution < -0.4 is 5.32 Å². The minimum atomic E-state index is 0.545. The average Bonchev–Trinajstić information content (AvgIpc) is 2.25. The molecule has 1 atom stereocenters. The second-order valence-corrected chi connectivity index (χ2v) is 4.22. The van der Waals surface area contributed by atoms with Crippen LogP contribution >= 0.6 is 11.6 Å². The highest BCUT2D eigenvalue weighted by Gasteiger charge is 2.12. The van der Waals surface area contributed by atoms with Gasteiger partial charge in [-0.3, -0.25) is 0 Å². The van der Waals surface area contributed by atoms with Gasteiger partial charge in [-0.1, -0.05) is 50.1 Å². The fourth-order valence-corrected chi connectivity index (χ4v) is 2.13. The van der Waals surface area contributed by atoms with E-state index in [1.807, 2.05) is 12.1 Å². The van der Waals surface area contributed by atoms with Gasteiger partial charge < -0.3 is 5.32 Å². The van der Waals surface area contributed by atoms with E-state index in [0.717, 1.165) is 18.1 Å². The summed E-state index contributed by atoms with van der Waals surface area (Å²) in [6.45, 7) is 6.39. The highest BCUT2D eigenvalue weighted by molar-refractivity contribution is 6.31. The van der Waals surface area contributed by atoms with Crippen LogP contribution in [0.3, 0.4) is 0 Å². The van der Waals surface area contributed by atoms with E-state index in [1.54, 1.807) is 0 Å². The van der Waals surface area contributed by atoms with Crippen molar-refractivity contribution < 1.29 is 0 Å². The predicted octanol–water partition coefficient (Wildman–Crippen LogP) is 3.83. The molecule has 1 aromatic rings. The van der Waals surface area contributed by atoms with Crippen LogP contribution in [0, 0.1) is 0 Å². The first kappa shape index (κ1) is 12.5. The predicted molar refractivity (Wildman–Crippen MR) is 67.6 cm³/mol. The molecule has 1 nitrogen and oxygen atoms in total. The average molecular weight is 226 g/mol. The third kappa shape index (κ3) is 3.84. The van der Waals surface area contributed by atoms with Crippen molar-refractivity contribution in [3.8, 4) is 0 Å². The Morgan fingerprint density at radius 2 is 2.00 bits per heavy atom. The number of nitrogens with one attached hydrogen (secondary N) is 1. The van der Waals surface area contributed by atoms with Gasteiger partial charge >= 0.3 is 0 Å². The highest BCUT2D eigenvalue weighted by atomic mass is 35.5. The van der Waals surface area contributed by atoms with Gasteiger partial charge in [0.15, 0.2) is 0 Å². The number of likely N-dealkylation sites (N-methyl/N-ethyl adjacent to an activating group) is 1. The van der Waals surface area contributed by atoms with Crippen molar-refractivity contribution in [3.05, 3.63) is 34.9 Å². The van der Waals surface area contributed by atoms with E-state index in [-0.39, 0.29) is 0 Å². The Hall–Kier alpha value is -0.530. The van der Waals surface area contributed by atoms with Crippen LogP contribution in [-0.4, -0.2) is 13.1 Å². The maximum atomic E-state index is 6.21. The molecule has 0 spiro atoms. The van der Waals surface area contributed by atoms with Crippen LogP contribution in [0.1, 0.15) is 38.2 Å². The van der Waals surface area contributed by atoms with Crippen molar-refractivity contribution in [2.75, 3.05) is 13.1 Å². The van der Waals surface area contributed by atoms with E-state index in [2.05, 4.69) is 31.3 Å². The molecule has 0 aliphatic rings. The SMILES string of the molecule is CCCC(CNCC)c1ccccc1Cl. The molecule has 1 unspecified atom stereocenters. The standard InChI is InChI=1S/C13H20ClN/c1-3-7-11(10-15-4-2)12-8-5-6-9-13(12)14/h5-6,8-9,11,15H,3-4,7,10H2,1-2H3. The van der Waals surface area contributed by atoms with E-state index in [0.29, 0.717) is 5.92 Å². The monoisotopic (exact) mass is 225 g/mol. The van der Waals surface area contributed by atoms with Gasteiger partial charge in [-0.05, 0) is 30.5 Å². The van der Waals surface area contributed by atoms with Gasteiger partial charge in [0.05, 0.1) is 0 Å². The molecule has 0 radical (unpaired) electrons. The molecule has 0 amide bonds. The lowest BCUT2D eigenvalue weighted by Crippen LogP contribution is -2.21. The Morgan fingerprint density at radius 3 is 2.60 bits per heavy atom. The normalized spacial score (nSPS) is 12.7. The van der Waals surface area contributed by atoms with Gasteiger partial charge in [-0.2, -0.15) is 0 Å². The number of benzene rings is 1. The molecule has 0 aromatic heterocycles. The van der Waals surface area contributed by atoms with Crippen LogP contribution in [-0.2, 0) is 0 Å². The lowest BCUT2D eigenvalue weighted by Gasteiger charge is -2.18. The molecule has 0 bridgehead atoms. The van der Waals surface area contributed by atoms with E-state index >= 15 is 0 Å². The zero-order chi connectivity index (χ0) is 11.1. The van der Waals surface area contributed by atoms with Crippen molar-refractivity contribution in [2.45, 2.75) is 32.6 Å². The van der Waals surface area contributed by atoms with Crippen LogP contribution in [0.15, 0.2) is 24.3 Å². The number of rotatable bonds is 6. The summed E-state index contributed by atoms with van der Waals surface area (Å²) in [5, 5.41) is 4.30. The van der Waals surface area contributed by atoms with E-state index < -0.39 is 0 Å². The minimum Gasteiger partial charge on any atom is -0.316 e. The fraction of sp³-hybridized carbons (Fsp3) is 0.538. The van der Waals surface area contributed by atoms with Gasteiger partial charge in [0.25, 0.3) is 0 Å². The summed E-state index contributed by atoms with van der Waals surface area (Å²) >= 11 is 6.21. The van der Waals surface area contributed by atoms with Gasteiger partial charge in [0, 0.05) is 11.6 Å². The molecule has 0 aliphatic heterocycles. The lowest BCUT2D eigenvalue weighted by molar-refractivity contribution is 0.555. The number of hydrogen-bond acceptors (Lipinski definition) is 1. The van der Waals surface area contributed by atoms with Crippen molar-refractivity contribution >= 4 is 11.6 Å². The Labute approximate surface area is 97.8 Å². The highest BCUT2D eigenvalue weighted by Crippen LogP contribution is 2.27. The first-order chi connectivity index (χ1) is 7.29. The lowest BCUT2D eigenvalue weighted by atomic mass is 9.94. The van der Waals surface area contributed by atoms with Crippen LogP contribution in [0.4, 0.5) is 0 Å². The van der Waals surface area contributed by atoms with Gasteiger partial charge in [0.1, 0.15) is 0 Å². The Morgan fingerprint density at radius 1 is 1.27 bits per heavy atom. The second-order valence-electron chi connectivity index (χ2n) is 3.81. The third-order valence-electron chi connectivity index (χ3n) is 2.62. The molecule has 0 saturated heterocycles. The smallest absolute Gasteiger partial charge is 0.0441 e. The minimum absolute atomic E-state index is 0.545. The van der Waals surface area contributed by atoms with Gasteiger partial charge in [-0.15, -0.1) is 0 Å². The Balaban J connectivity index is 2.74. The quantitative estimate of drug-likeness (QED) is 0.776. The molecule has 0 fully saturated rings. The molecular formula is C13H20ClN. The number of hydrogen-bond donors (Lipinski definition) is 1. The summed E-state index contributed by atoms with van der Waals surface area (Å²) in [7, 11) is 0. The molecule has 84 valence electrons. The maximum Gasteiger partial charge on any atom is 0.0441 e. The first-order valence-corrected chi connectivity index (χ1v) is 6.12. The second kappa shape index (κ2) is 6.86. The molecule has 15 heavy (non-hydrogen) atoms. The van der Waals surface area contributed by atoms with Crippen LogP contribution in [0.5, 0.6) is 0 Å². The number of halogens is 1. The van der Waals surface area contributed by atoms with Crippen LogP contribution in [0.25, 0.3) is 0 Å².